The number of nitrogens with zero attached hydrogens (tertiary/aromatic N) is 2. The van der Waals surface area contributed by atoms with Gasteiger partial charge in [-0.1, -0.05) is 29.0 Å². The number of hydrogen-bond acceptors (Lipinski definition) is 5. The fourth-order valence-corrected chi connectivity index (χ4v) is 2.98. The summed E-state index contributed by atoms with van der Waals surface area (Å²) in [5.41, 5.74) is 5.74. The lowest BCUT2D eigenvalue weighted by Gasteiger charge is -2.01. The summed E-state index contributed by atoms with van der Waals surface area (Å²) in [6.07, 6.45) is 3.94. The van der Waals surface area contributed by atoms with Crippen LogP contribution < -0.4 is 10.7 Å². The van der Waals surface area contributed by atoms with Gasteiger partial charge in [0.1, 0.15) is 0 Å². The van der Waals surface area contributed by atoms with Gasteiger partial charge < -0.3 is 5.32 Å². The molecular formula is C15H16N4OS. The lowest BCUT2D eigenvalue weighted by atomic mass is 10.3. The van der Waals surface area contributed by atoms with Gasteiger partial charge in [0.2, 0.25) is 0 Å². The summed E-state index contributed by atoms with van der Waals surface area (Å²) in [5.74, 6) is -0.167. The van der Waals surface area contributed by atoms with Crippen LogP contribution in [0.15, 0.2) is 41.0 Å². The number of rotatable bonds is 4. The van der Waals surface area contributed by atoms with Crippen molar-refractivity contribution in [2.75, 3.05) is 11.9 Å². The van der Waals surface area contributed by atoms with Crippen LogP contribution in [0.25, 0.3) is 10.2 Å². The quantitative estimate of drug-likeness (QED) is 0.853. The van der Waals surface area contributed by atoms with E-state index in [-0.39, 0.29) is 12.5 Å². The number of nitrogens with one attached hydrogen (secondary N) is 2. The third-order valence-electron chi connectivity index (χ3n) is 3.21. The predicted molar refractivity (Wildman–Crippen MR) is 86.7 cm³/mol. The zero-order valence-electron chi connectivity index (χ0n) is 11.7. The fourth-order valence-electron chi connectivity index (χ4n) is 2.12. The molecule has 1 aliphatic rings. The Morgan fingerprint density at radius 1 is 1.38 bits per heavy atom. The lowest BCUT2D eigenvalue weighted by Crippen LogP contribution is -2.26. The summed E-state index contributed by atoms with van der Waals surface area (Å²) in [7, 11) is 0. The first kappa shape index (κ1) is 13.8. The van der Waals surface area contributed by atoms with Crippen molar-refractivity contribution in [1.29, 1.82) is 0 Å². The summed E-state index contributed by atoms with van der Waals surface area (Å²) < 4.78 is 1.10. The smallest absolute Gasteiger partial charge is 0.259 e. The summed E-state index contributed by atoms with van der Waals surface area (Å²) in [5, 5.41) is 7.89. The van der Waals surface area contributed by atoms with Crippen molar-refractivity contribution in [2.45, 2.75) is 19.8 Å². The zero-order chi connectivity index (χ0) is 14.7. The van der Waals surface area contributed by atoms with E-state index >= 15 is 0 Å². The Balaban J connectivity index is 1.54. The third kappa shape index (κ3) is 3.46. The van der Waals surface area contributed by atoms with E-state index in [1.54, 1.807) is 0 Å². The van der Waals surface area contributed by atoms with Crippen LogP contribution in [0, 0.1) is 0 Å². The molecule has 0 atom stereocenters. The van der Waals surface area contributed by atoms with Crippen LogP contribution in [0.5, 0.6) is 0 Å². The molecule has 0 fully saturated rings. The number of amides is 1. The summed E-state index contributed by atoms with van der Waals surface area (Å²) >= 11 is 1.54. The molecule has 21 heavy (non-hydrogen) atoms. The molecule has 0 saturated carbocycles. The van der Waals surface area contributed by atoms with E-state index in [0.717, 1.165) is 33.9 Å². The van der Waals surface area contributed by atoms with Crippen LogP contribution in [0.3, 0.4) is 0 Å². The number of benzene rings is 1. The first-order valence-electron chi connectivity index (χ1n) is 6.83. The Labute approximate surface area is 126 Å². The van der Waals surface area contributed by atoms with Crippen LogP contribution in [-0.2, 0) is 4.79 Å². The molecular weight excluding hydrogens is 284 g/mol. The minimum absolute atomic E-state index is 0.166. The van der Waals surface area contributed by atoms with E-state index in [0.29, 0.717) is 0 Å². The number of hydrogen-bond donors (Lipinski definition) is 2. The van der Waals surface area contributed by atoms with Gasteiger partial charge in [-0.15, -0.1) is 0 Å². The Morgan fingerprint density at radius 2 is 2.24 bits per heavy atom. The van der Waals surface area contributed by atoms with Crippen LogP contribution in [0.1, 0.15) is 19.8 Å². The maximum Gasteiger partial charge on any atom is 0.259 e. The molecule has 2 aromatic rings. The van der Waals surface area contributed by atoms with Gasteiger partial charge in [-0.2, -0.15) is 5.10 Å². The van der Waals surface area contributed by atoms with Gasteiger partial charge in [0, 0.05) is 0 Å². The number of hydrazone groups is 1. The molecule has 3 rings (SSSR count). The maximum atomic E-state index is 11.7. The molecule has 0 bridgehead atoms. The van der Waals surface area contributed by atoms with E-state index in [1.165, 1.54) is 16.9 Å². The number of thiazole rings is 1. The number of allylic oxidation sites excluding steroid dienone is 2. The highest BCUT2D eigenvalue weighted by Crippen LogP contribution is 2.24. The third-order valence-corrected chi connectivity index (χ3v) is 4.20. The van der Waals surface area contributed by atoms with E-state index in [1.807, 2.05) is 30.3 Å². The van der Waals surface area contributed by atoms with Crippen LogP contribution in [0.2, 0.25) is 0 Å². The zero-order valence-corrected chi connectivity index (χ0v) is 12.5. The number of para-hydroxylation sites is 1. The van der Waals surface area contributed by atoms with Gasteiger partial charge in [-0.05, 0) is 38.0 Å². The van der Waals surface area contributed by atoms with E-state index in [2.05, 4.69) is 27.8 Å². The number of carbonyl (C=O) groups excluding carboxylic acids is 1. The molecule has 5 nitrogen and oxygen atoms in total. The topological polar surface area (TPSA) is 66.4 Å². The molecule has 2 N–H and O–H groups in total. The molecule has 1 aliphatic carbocycles. The van der Waals surface area contributed by atoms with Gasteiger partial charge in [0.15, 0.2) is 5.13 Å². The number of aromatic nitrogens is 1. The molecule has 6 heteroatoms. The summed E-state index contributed by atoms with van der Waals surface area (Å²) in [4.78, 5) is 16.2. The molecule has 0 radical (unpaired) electrons. The van der Waals surface area contributed by atoms with E-state index < -0.39 is 0 Å². The summed E-state index contributed by atoms with van der Waals surface area (Å²) in [6.45, 7) is 2.23. The standard InChI is InChI=1S/C15H16N4OS/c1-10-6-7-11(8-10)18-19-14(20)9-16-15-17-12-4-2-3-5-13(12)21-15/h2-5,8H,6-7,9H2,1H3,(H,16,17)(H,19,20)/b18-11+. The Hall–Kier alpha value is -2.21. The van der Waals surface area contributed by atoms with Crippen molar-refractivity contribution in [3.8, 4) is 0 Å². The second kappa shape index (κ2) is 6.05. The largest absolute Gasteiger partial charge is 0.352 e. The van der Waals surface area contributed by atoms with Crippen molar-refractivity contribution < 1.29 is 4.79 Å². The first-order valence-corrected chi connectivity index (χ1v) is 7.64. The van der Waals surface area contributed by atoms with Crippen molar-refractivity contribution >= 4 is 38.3 Å². The number of anilines is 1. The molecule has 1 amide bonds. The highest BCUT2D eigenvalue weighted by Gasteiger charge is 2.08. The van der Waals surface area contributed by atoms with Crippen LogP contribution >= 0.6 is 11.3 Å². The highest BCUT2D eigenvalue weighted by molar-refractivity contribution is 7.22. The second-order valence-corrected chi connectivity index (χ2v) is 6.00. The van der Waals surface area contributed by atoms with Crippen molar-refractivity contribution in [2.24, 2.45) is 5.10 Å². The molecule has 108 valence electrons. The monoisotopic (exact) mass is 300 g/mol. The van der Waals surface area contributed by atoms with Crippen molar-refractivity contribution in [1.82, 2.24) is 10.4 Å². The molecule has 1 aromatic carbocycles. The van der Waals surface area contributed by atoms with Crippen molar-refractivity contribution in [3.05, 3.63) is 35.9 Å². The normalized spacial score (nSPS) is 16.2. The minimum atomic E-state index is -0.167. The van der Waals surface area contributed by atoms with Gasteiger partial charge in [0.25, 0.3) is 5.91 Å². The SMILES string of the molecule is CC1=C/C(=N/NC(=O)CNc2nc3ccccc3s2)CC1. The van der Waals surface area contributed by atoms with Crippen LogP contribution in [-0.4, -0.2) is 23.1 Å². The van der Waals surface area contributed by atoms with Gasteiger partial charge >= 0.3 is 0 Å². The summed E-state index contributed by atoms with van der Waals surface area (Å²) in [6, 6.07) is 7.90. The average Bonchev–Trinajstić information content (AvgIpc) is 3.08. The molecule has 0 unspecified atom stereocenters. The van der Waals surface area contributed by atoms with Gasteiger partial charge in [0.05, 0.1) is 22.5 Å². The minimum Gasteiger partial charge on any atom is -0.352 e. The molecule has 1 aromatic heterocycles. The Morgan fingerprint density at radius 3 is 3.00 bits per heavy atom. The molecule has 0 aliphatic heterocycles. The van der Waals surface area contributed by atoms with Gasteiger partial charge in [-0.3, -0.25) is 4.79 Å². The first-order chi connectivity index (χ1) is 10.2. The van der Waals surface area contributed by atoms with E-state index in [9.17, 15) is 4.79 Å². The fraction of sp³-hybridized carbons (Fsp3) is 0.267. The average molecular weight is 300 g/mol. The number of carbonyl (C=O) groups is 1. The molecule has 0 saturated heterocycles. The predicted octanol–water partition coefficient (Wildman–Crippen LogP) is 2.92. The van der Waals surface area contributed by atoms with Gasteiger partial charge in [-0.25, -0.2) is 10.4 Å². The van der Waals surface area contributed by atoms with Crippen LogP contribution in [0.4, 0.5) is 5.13 Å². The Kier molecular flexibility index (Phi) is 3.96. The number of fused-ring (bicyclic) bond motifs is 1. The second-order valence-electron chi connectivity index (χ2n) is 4.97. The highest BCUT2D eigenvalue weighted by atomic mass is 32.1. The lowest BCUT2D eigenvalue weighted by molar-refractivity contribution is -0.119. The maximum absolute atomic E-state index is 11.7. The van der Waals surface area contributed by atoms with E-state index in [4.69, 9.17) is 0 Å². The molecule has 0 spiro atoms. The van der Waals surface area contributed by atoms with Crippen molar-refractivity contribution in [3.63, 3.8) is 0 Å². The Bertz CT molecular complexity index is 699. The molecule has 1 heterocycles.